The van der Waals surface area contributed by atoms with Crippen molar-refractivity contribution in [2.24, 2.45) is 11.8 Å². The predicted octanol–water partition coefficient (Wildman–Crippen LogP) is 7.92. The predicted molar refractivity (Wildman–Crippen MR) is 209 cm³/mol. The molecule has 0 radical (unpaired) electrons. The maximum Gasteiger partial charge on any atom is 0.265 e. The number of ketones is 2. The summed E-state index contributed by atoms with van der Waals surface area (Å²) in [6.45, 7) is 15.4. The molecule has 1 aromatic heterocycles. The Bertz CT molecular complexity index is 2220. The molecule has 10 nitrogen and oxygen atoms in total. The minimum Gasteiger partial charge on any atom is -0.507 e. The molecule has 2 N–H and O–H groups in total. The lowest BCUT2D eigenvalue weighted by Gasteiger charge is -2.55. The number of fused-ring (bicyclic) bond motifs is 5. The van der Waals surface area contributed by atoms with Gasteiger partial charge in [0.05, 0.1) is 6.04 Å². The number of aliphatic hydroxyl groups is 1. The van der Waals surface area contributed by atoms with Crippen LogP contribution in [0.15, 0.2) is 58.6 Å². The van der Waals surface area contributed by atoms with E-state index in [1.807, 2.05) is 75.4 Å². The van der Waals surface area contributed by atoms with Crippen LogP contribution in [0.5, 0.6) is 11.6 Å². The van der Waals surface area contributed by atoms with Gasteiger partial charge in [-0.1, -0.05) is 63.2 Å². The van der Waals surface area contributed by atoms with Gasteiger partial charge in [0.15, 0.2) is 19.7 Å². The minimum atomic E-state index is -2.87. The Morgan fingerprint density at radius 2 is 1.72 bits per heavy atom. The van der Waals surface area contributed by atoms with E-state index in [-0.39, 0.29) is 40.2 Å². The highest BCUT2D eigenvalue weighted by Gasteiger charge is 2.69. The van der Waals surface area contributed by atoms with Crippen LogP contribution in [0.4, 0.5) is 0 Å². The second-order valence-corrected chi connectivity index (χ2v) is 22.2. The van der Waals surface area contributed by atoms with Crippen LogP contribution in [-0.4, -0.2) is 77.8 Å². The van der Waals surface area contributed by atoms with Crippen molar-refractivity contribution < 1.29 is 33.5 Å². The number of phenols is 1. The number of aliphatic hydroxyl groups excluding tert-OH is 1. The fourth-order valence-electron chi connectivity index (χ4n) is 9.01. The van der Waals surface area contributed by atoms with Gasteiger partial charge in [0.25, 0.3) is 5.88 Å². The molecule has 0 unspecified atom stereocenters. The van der Waals surface area contributed by atoms with Crippen molar-refractivity contribution in [1.82, 2.24) is 15.0 Å². The second-order valence-electron chi connectivity index (χ2n) is 17.5. The molecule has 1 saturated carbocycles. The monoisotopic (exact) mass is 749 g/mol. The zero-order chi connectivity index (χ0) is 38.5. The van der Waals surface area contributed by atoms with Gasteiger partial charge in [-0.25, -0.2) is 0 Å². The fraction of sp³-hybridized carbons (Fsp3) is 0.465. The number of carbonyl (C=O) groups is 2. The number of likely N-dealkylation sites (tertiary alicyclic amines) is 1. The molecule has 1 aliphatic heterocycles. The van der Waals surface area contributed by atoms with Gasteiger partial charge in [-0.3, -0.25) is 19.4 Å². The normalized spacial score (nSPS) is 24.3. The molecule has 2 heterocycles. The lowest BCUT2D eigenvalue weighted by atomic mass is 9.57. The molecule has 8 rings (SSSR count). The van der Waals surface area contributed by atoms with Crippen molar-refractivity contribution in [3.8, 4) is 11.6 Å². The number of phenolic OH excluding ortho intramolecular Hbond substituents is 1. The Kier molecular flexibility index (Phi) is 8.76. The first-order chi connectivity index (χ1) is 25.5. The summed E-state index contributed by atoms with van der Waals surface area (Å²) in [5.41, 5.74) is 2.21. The lowest BCUT2D eigenvalue weighted by molar-refractivity contribution is -0.140. The first kappa shape index (κ1) is 36.7. The first-order valence-electron chi connectivity index (χ1n) is 19.1. The van der Waals surface area contributed by atoms with Gasteiger partial charge in [0.2, 0.25) is 11.6 Å². The van der Waals surface area contributed by atoms with Crippen LogP contribution in [0.1, 0.15) is 83.6 Å². The number of hydrogen-bond acceptors (Lipinski definition) is 10. The smallest absolute Gasteiger partial charge is 0.265 e. The van der Waals surface area contributed by atoms with Crippen LogP contribution in [0, 0.1) is 18.8 Å². The van der Waals surface area contributed by atoms with Gasteiger partial charge >= 0.3 is 0 Å². The Morgan fingerprint density at radius 1 is 1.00 bits per heavy atom. The van der Waals surface area contributed by atoms with Crippen LogP contribution in [0.3, 0.4) is 0 Å². The van der Waals surface area contributed by atoms with E-state index in [0.29, 0.717) is 29.7 Å². The maximum atomic E-state index is 15.7. The van der Waals surface area contributed by atoms with Crippen molar-refractivity contribution in [2.75, 3.05) is 27.2 Å². The largest absolute Gasteiger partial charge is 0.507 e. The Hall–Kier alpha value is -4.29. The van der Waals surface area contributed by atoms with Gasteiger partial charge in [-0.2, -0.15) is 0 Å². The molecule has 1 saturated heterocycles. The minimum absolute atomic E-state index is 0.0192. The number of hydrogen-bond donors (Lipinski definition) is 2. The van der Waals surface area contributed by atoms with Crippen LogP contribution in [-0.2, 0) is 28.8 Å². The number of benzene rings is 3. The topological polar surface area (TPSA) is 126 Å². The van der Waals surface area contributed by atoms with Crippen molar-refractivity contribution in [3.63, 3.8) is 0 Å². The van der Waals surface area contributed by atoms with Crippen LogP contribution >= 0.6 is 0 Å². The summed E-state index contributed by atoms with van der Waals surface area (Å²) in [7, 11) is 0.924. The number of aromatic nitrogens is 1. The molecule has 0 amide bonds. The van der Waals surface area contributed by atoms with Crippen molar-refractivity contribution >= 4 is 36.4 Å². The Morgan fingerprint density at radius 3 is 2.37 bits per heavy atom. The number of aryl methyl sites for hydroxylation is 1. The number of rotatable bonds is 8. The summed E-state index contributed by atoms with van der Waals surface area (Å²) in [5, 5.41) is 29.7. The van der Waals surface area contributed by atoms with Crippen LogP contribution < -0.4 is 4.74 Å². The molecular formula is C43H51N3O7Si. The maximum absolute atomic E-state index is 15.7. The molecule has 3 aromatic carbocycles. The number of aromatic hydroxyl groups is 1. The van der Waals surface area contributed by atoms with E-state index >= 15 is 9.59 Å². The zero-order valence-electron chi connectivity index (χ0n) is 32.6. The third-order valence-electron chi connectivity index (χ3n) is 13.0. The summed E-state index contributed by atoms with van der Waals surface area (Å²) in [6.07, 6.45) is 1.85. The average Bonchev–Trinajstić information content (AvgIpc) is 3.52. The highest BCUT2D eigenvalue weighted by Crippen LogP contribution is 2.59. The number of carbonyl (C=O) groups excluding carboxylic acids is 2. The van der Waals surface area contributed by atoms with Gasteiger partial charge in [0, 0.05) is 34.5 Å². The summed E-state index contributed by atoms with van der Waals surface area (Å²) in [4.78, 5) is 35.5. The summed E-state index contributed by atoms with van der Waals surface area (Å²) in [5.74, 6) is -1.93. The SMILES string of the molecule is Cc1c2c(c(O)c3ccc(CN4CCC4)cc13)C[C@H]1C[C@H]3[C@H](N(C)C)c4onc(OCc5ccccc5)c4C(=O)[C@@]3(O[Si](C)(C)C(C)(C)C)C(=O)C1=C2O. The zero-order valence-corrected chi connectivity index (χ0v) is 33.6. The third-order valence-corrected chi connectivity index (χ3v) is 17.4. The molecule has 2 fully saturated rings. The Balaban J connectivity index is 1.31. The van der Waals surface area contributed by atoms with Crippen LogP contribution in [0.2, 0.25) is 18.1 Å². The van der Waals surface area contributed by atoms with Crippen LogP contribution in [0.25, 0.3) is 16.5 Å². The number of nitrogens with zero attached hydrogens (tertiary/aromatic N) is 3. The van der Waals surface area contributed by atoms with E-state index in [9.17, 15) is 10.2 Å². The van der Waals surface area contributed by atoms with E-state index in [1.165, 1.54) is 6.42 Å². The molecule has 4 atom stereocenters. The first-order valence-corrected chi connectivity index (χ1v) is 22.0. The fourth-order valence-corrected chi connectivity index (χ4v) is 10.5. The van der Waals surface area contributed by atoms with E-state index in [0.717, 1.165) is 47.1 Å². The highest BCUT2D eigenvalue weighted by molar-refractivity contribution is 6.74. The molecule has 284 valence electrons. The standard InChI is InChI=1S/C43H51N3O7Si/c1-24-29-19-26(22-46-17-12-18-46)15-16-28(29)36(47)30-20-27-21-31-35(45(5)6)38-34(41(44-52-38)51-23-25-13-10-9-11-14-25)40(50)43(31,53-54(7,8)42(2,3)4)39(49)33(27)37(48)32(24)30/h9-11,13-16,19,27,31,35,47-48H,12,17-18,20-23H2,1-8H3/t27-,31-,35-,43-/m0/s1. The molecule has 4 aromatic rings. The van der Waals surface area contributed by atoms with E-state index in [2.05, 4.69) is 43.0 Å². The van der Waals surface area contributed by atoms with Crippen molar-refractivity contribution in [1.29, 1.82) is 0 Å². The van der Waals surface area contributed by atoms with Gasteiger partial charge in [-0.15, -0.1) is 0 Å². The second kappa shape index (κ2) is 12.9. The summed E-state index contributed by atoms with van der Waals surface area (Å²) in [6, 6.07) is 15.1. The molecule has 0 spiro atoms. The molecule has 54 heavy (non-hydrogen) atoms. The molecule has 0 bridgehead atoms. The summed E-state index contributed by atoms with van der Waals surface area (Å²) < 4.78 is 19.4. The van der Waals surface area contributed by atoms with E-state index in [4.69, 9.17) is 13.7 Å². The number of ether oxygens (including phenoxy) is 1. The Labute approximate surface area is 317 Å². The van der Waals surface area contributed by atoms with E-state index in [1.54, 1.807) is 0 Å². The molecule has 4 aliphatic rings. The molecular weight excluding hydrogens is 699 g/mol. The van der Waals surface area contributed by atoms with Gasteiger partial charge in [0.1, 0.15) is 23.7 Å². The van der Waals surface area contributed by atoms with Crippen molar-refractivity contribution in [2.45, 2.75) is 89.9 Å². The highest BCUT2D eigenvalue weighted by atomic mass is 28.4. The average molecular weight is 750 g/mol. The lowest BCUT2D eigenvalue weighted by Crippen LogP contribution is -2.68. The van der Waals surface area contributed by atoms with Gasteiger partial charge < -0.3 is 23.9 Å². The molecule has 11 heteroatoms. The third kappa shape index (κ3) is 5.49. The molecule has 3 aliphatic carbocycles. The van der Waals surface area contributed by atoms with Crippen molar-refractivity contribution in [3.05, 3.63) is 93.2 Å². The van der Waals surface area contributed by atoms with E-state index < -0.39 is 43.4 Å². The number of Topliss-reactive ketones (excluding diaryl/α,β-unsaturated/α-hetero) is 2. The summed E-state index contributed by atoms with van der Waals surface area (Å²) >= 11 is 0. The van der Waals surface area contributed by atoms with Gasteiger partial charge in [-0.05, 0) is 111 Å². The quantitative estimate of drug-likeness (QED) is 0.136.